The molecular formula is C18H16Cl2N6O. The van der Waals surface area contributed by atoms with Crippen LogP contribution in [-0.2, 0) is 0 Å². The highest BCUT2D eigenvalue weighted by Crippen LogP contribution is 2.26. The molecule has 2 aromatic carbocycles. The van der Waals surface area contributed by atoms with Crippen LogP contribution in [0.25, 0.3) is 0 Å². The summed E-state index contributed by atoms with van der Waals surface area (Å²) in [6.45, 7) is 2.00. The summed E-state index contributed by atoms with van der Waals surface area (Å²) >= 11 is 11.9. The number of aromatic nitrogens is 2. The molecule has 3 aromatic rings. The Kier molecular flexibility index (Phi) is 5.63. The van der Waals surface area contributed by atoms with Crippen molar-refractivity contribution in [2.24, 2.45) is 0 Å². The number of nitrogen functional groups attached to an aromatic ring is 1. The van der Waals surface area contributed by atoms with Crippen molar-refractivity contribution in [1.82, 2.24) is 15.4 Å². The van der Waals surface area contributed by atoms with Gasteiger partial charge in [-0.1, -0.05) is 40.9 Å². The van der Waals surface area contributed by atoms with Crippen LogP contribution in [0.3, 0.4) is 0 Å². The maximum absolute atomic E-state index is 12.3. The van der Waals surface area contributed by atoms with E-state index in [0.29, 0.717) is 10.8 Å². The minimum atomic E-state index is -0.456. The molecule has 5 N–H and O–H groups in total. The van der Waals surface area contributed by atoms with Gasteiger partial charge < -0.3 is 11.1 Å². The van der Waals surface area contributed by atoms with E-state index in [1.165, 1.54) is 18.5 Å². The second-order valence-electron chi connectivity index (χ2n) is 5.68. The summed E-state index contributed by atoms with van der Waals surface area (Å²) < 4.78 is 0. The molecule has 0 spiro atoms. The fourth-order valence-corrected chi connectivity index (χ4v) is 2.72. The van der Waals surface area contributed by atoms with Crippen molar-refractivity contribution in [2.45, 2.75) is 6.92 Å². The average molecular weight is 403 g/mol. The standard InChI is InChI=1S/C18H16Cl2N6O/c1-10-2-5-12(6-3-10)24-16-15(21)17(23-9-22-16)25-26-18(27)13-7-4-11(19)8-14(13)20/h2-9H,21H2,1H3,(H,26,27)(H2,22,23,24,25). The first-order chi connectivity index (χ1) is 12.9. The third-order valence-electron chi connectivity index (χ3n) is 3.67. The van der Waals surface area contributed by atoms with Crippen LogP contribution < -0.4 is 21.9 Å². The van der Waals surface area contributed by atoms with Gasteiger partial charge in [0.25, 0.3) is 5.91 Å². The summed E-state index contributed by atoms with van der Waals surface area (Å²) in [5, 5.41) is 3.79. The molecule has 0 aliphatic heterocycles. The SMILES string of the molecule is Cc1ccc(Nc2ncnc(NNC(=O)c3ccc(Cl)cc3Cl)c2N)cc1. The van der Waals surface area contributed by atoms with E-state index in [1.807, 2.05) is 31.2 Å². The lowest BCUT2D eigenvalue weighted by Crippen LogP contribution is -2.30. The minimum absolute atomic E-state index is 0.235. The summed E-state index contributed by atoms with van der Waals surface area (Å²) in [7, 11) is 0. The Balaban J connectivity index is 1.72. The number of carbonyl (C=O) groups excluding carboxylic acids is 1. The first-order valence-corrected chi connectivity index (χ1v) is 8.65. The highest BCUT2D eigenvalue weighted by atomic mass is 35.5. The van der Waals surface area contributed by atoms with Crippen LogP contribution in [0.4, 0.5) is 23.0 Å². The van der Waals surface area contributed by atoms with E-state index in [2.05, 4.69) is 26.1 Å². The Morgan fingerprint density at radius 1 is 1.04 bits per heavy atom. The molecule has 0 aliphatic rings. The van der Waals surface area contributed by atoms with Crippen LogP contribution in [0.5, 0.6) is 0 Å². The molecule has 0 fully saturated rings. The van der Waals surface area contributed by atoms with Crippen molar-refractivity contribution in [3.05, 3.63) is 70.0 Å². The van der Waals surface area contributed by atoms with E-state index in [1.54, 1.807) is 6.07 Å². The second-order valence-corrected chi connectivity index (χ2v) is 6.52. The number of aryl methyl sites for hydroxylation is 1. The Bertz CT molecular complexity index is 978. The molecule has 0 atom stereocenters. The molecule has 9 heteroatoms. The van der Waals surface area contributed by atoms with E-state index in [4.69, 9.17) is 28.9 Å². The molecule has 0 bridgehead atoms. The van der Waals surface area contributed by atoms with Crippen molar-refractivity contribution < 1.29 is 4.79 Å². The molecule has 0 unspecified atom stereocenters. The van der Waals surface area contributed by atoms with Gasteiger partial charge in [0.05, 0.1) is 10.6 Å². The molecule has 1 amide bonds. The Morgan fingerprint density at radius 2 is 1.74 bits per heavy atom. The second kappa shape index (κ2) is 8.11. The van der Waals surface area contributed by atoms with Gasteiger partial charge in [0.15, 0.2) is 11.6 Å². The smallest absolute Gasteiger partial charge is 0.271 e. The van der Waals surface area contributed by atoms with Crippen molar-refractivity contribution >= 4 is 52.1 Å². The third kappa shape index (κ3) is 4.58. The first-order valence-electron chi connectivity index (χ1n) is 7.89. The van der Waals surface area contributed by atoms with Crippen LogP contribution >= 0.6 is 23.2 Å². The summed E-state index contributed by atoms with van der Waals surface area (Å²) in [6, 6.07) is 12.3. The largest absolute Gasteiger partial charge is 0.393 e. The van der Waals surface area contributed by atoms with Crippen LogP contribution in [0.1, 0.15) is 15.9 Å². The van der Waals surface area contributed by atoms with Gasteiger partial charge in [-0.3, -0.25) is 15.6 Å². The number of anilines is 4. The number of nitrogens with two attached hydrogens (primary N) is 1. The molecular weight excluding hydrogens is 387 g/mol. The summed E-state index contributed by atoms with van der Waals surface area (Å²) in [5.74, 6) is 0.205. The molecule has 138 valence electrons. The maximum atomic E-state index is 12.3. The van der Waals surface area contributed by atoms with Crippen LogP contribution in [-0.4, -0.2) is 15.9 Å². The van der Waals surface area contributed by atoms with Gasteiger partial charge in [-0.15, -0.1) is 0 Å². The number of nitrogens with zero attached hydrogens (tertiary/aromatic N) is 2. The molecule has 0 saturated carbocycles. The Labute approximate surface area is 165 Å². The zero-order valence-electron chi connectivity index (χ0n) is 14.3. The highest BCUT2D eigenvalue weighted by Gasteiger charge is 2.13. The van der Waals surface area contributed by atoms with Crippen molar-refractivity contribution in [1.29, 1.82) is 0 Å². The molecule has 7 nitrogen and oxygen atoms in total. The quantitative estimate of drug-likeness (QED) is 0.477. The van der Waals surface area contributed by atoms with Gasteiger partial charge in [0, 0.05) is 10.7 Å². The fraction of sp³-hybridized carbons (Fsp3) is 0.0556. The molecule has 1 heterocycles. The Hall–Kier alpha value is -3.03. The van der Waals surface area contributed by atoms with E-state index in [9.17, 15) is 4.79 Å². The monoisotopic (exact) mass is 402 g/mol. The molecule has 3 rings (SSSR count). The Morgan fingerprint density at radius 3 is 2.44 bits per heavy atom. The van der Waals surface area contributed by atoms with Gasteiger partial charge in [-0.2, -0.15) is 0 Å². The summed E-state index contributed by atoms with van der Waals surface area (Å²) in [4.78, 5) is 20.4. The van der Waals surface area contributed by atoms with Crippen molar-refractivity contribution in [3.63, 3.8) is 0 Å². The highest BCUT2D eigenvalue weighted by molar-refractivity contribution is 6.36. The topological polar surface area (TPSA) is 105 Å². The van der Waals surface area contributed by atoms with Crippen molar-refractivity contribution in [3.8, 4) is 0 Å². The summed E-state index contributed by atoms with van der Waals surface area (Å²) in [6.07, 6.45) is 1.33. The lowest BCUT2D eigenvalue weighted by Gasteiger charge is -2.13. The molecule has 0 aliphatic carbocycles. The fourth-order valence-electron chi connectivity index (χ4n) is 2.23. The minimum Gasteiger partial charge on any atom is -0.393 e. The predicted molar refractivity (Wildman–Crippen MR) is 108 cm³/mol. The normalized spacial score (nSPS) is 10.3. The van der Waals surface area contributed by atoms with Gasteiger partial charge in [-0.25, -0.2) is 9.97 Å². The number of hydrogen-bond donors (Lipinski definition) is 4. The lowest BCUT2D eigenvalue weighted by molar-refractivity contribution is 0.0962. The molecule has 27 heavy (non-hydrogen) atoms. The van der Waals surface area contributed by atoms with Crippen molar-refractivity contribution in [2.75, 3.05) is 16.5 Å². The molecule has 0 saturated heterocycles. The maximum Gasteiger partial charge on any atom is 0.271 e. The van der Waals surface area contributed by atoms with E-state index in [-0.39, 0.29) is 22.1 Å². The molecule has 0 radical (unpaired) electrons. The number of nitrogens with one attached hydrogen (secondary N) is 3. The number of rotatable bonds is 5. The average Bonchev–Trinajstić information content (AvgIpc) is 2.64. The summed E-state index contributed by atoms with van der Waals surface area (Å²) in [5.41, 5.74) is 13.8. The zero-order chi connectivity index (χ0) is 19.4. The van der Waals surface area contributed by atoms with E-state index in [0.717, 1.165) is 11.3 Å². The van der Waals surface area contributed by atoms with Gasteiger partial charge in [-0.05, 0) is 37.3 Å². The van der Waals surface area contributed by atoms with Crippen LogP contribution in [0.2, 0.25) is 10.0 Å². The number of hydrazine groups is 1. The van der Waals surface area contributed by atoms with Crippen LogP contribution in [0, 0.1) is 6.92 Å². The lowest BCUT2D eigenvalue weighted by atomic mass is 10.2. The predicted octanol–water partition coefficient (Wildman–Crippen LogP) is 4.17. The number of carbonyl (C=O) groups is 1. The number of halogens is 2. The van der Waals surface area contributed by atoms with Gasteiger partial charge in [0.2, 0.25) is 0 Å². The van der Waals surface area contributed by atoms with Crippen LogP contribution in [0.15, 0.2) is 48.8 Å². The van der Waals surface area contributed by atoms with E-state index < -0.39 is 5.91 Å². The number of benzene rings is 2. The first kappa shape index (κ1) is 18.8. The zero-order valence-corrected chi connectivity index (χ0v) is 15.8. The van der Waals surface area contributed by atoms with Gasteiger partial charge >= 0.3 is 0 Å². The van der Waals surface area contributed by atoms with E-state index >= 15 is 0 Å². The molecule has 1 aromatic heterocycles. The van der Waals surface area contributed by atoms with Gasteiger partial charge in [0.1, 0.15) is 12.0 Å². The number of amides is 1. The third-order valence-corrected chi connectivity index (χ3v) is 4.22. The number of hydrogen-bond acceptors (Lipinski definition) is 6.